The van der Waals surface area contributed by atoms with Gasteiger partial charge < -0.3 is 4.74 Å². The minimum absolute atomic E-state index is 0.328. The molecule has 0 bridgehead atoms. The fourth-order valence-corrected chi connectivity index (χ4v) is 1.58. The first-order valence-electron chi connectivity index (χ1n) is 5.85. The molecule has 92 valence electrons. The van der Waals surface area contributed by atoms with E-state index < -0.39 is 0 Å². The molecule has 0 aliphatic rings. The van der Waals surface area contributed by atoms with Gasteiger partial charge in [-0.15, -0.1) is 0 Å². The van der Waals surface area contributed by atoms with Gasteiger partial charge in [0.1, 0.15) is 6.10 Å². The van der Waals surface area contributed by atoms with Crippen molar-refractivity contribution in [1.82, 2.24) is 4.98 Å². The van der Waals surface area contributed by atoms with Crippen molar-refractivity contribution >= 4 is 5.97 Å². The van der Waals surface area contributed by atoms with Crippen molar-refractivity contribution in [2.75, 3.05) is 0 Å². The summed E-state index contributed by atoms with van der Waals surface area (Å²) in [7, 11) is 0. The van der Waals surface area contributed by atoms with Gasteiger partial charge >= 0.3 is 5.97 Å². The summed E-state index contributed by atoms with van der Waals surface area (Å²) in [4.78, 5) is 16.1. The molecule has 0 saturated heterocycles. The summed E-state index contributed by atoms with van der Waals surface area (Å²) in [5.74, 6) is -0.328. The molecule has 1 aromatic carbocycles. The van der Waals surface area contributed by atoms with Crippen LogP contribution in [-0.2, 0) is 4.74 Å². The summed E-state index contributed by atoms with van der Waals surface area (Å²) in [5, 5.41) is 0. The smallest absolute Gasteiger partial charge is 0.338 e. The van der Waals surface area contributed by atoms with Crippen molar-refractivity contribution in [1.29, 1.82) is 0 Å². The maximum absolute atomic E-state index is 11.8. The highest BCUT2D eigenvalue weighted by molar-refractivity contribution is 5.89. The predicted molar refractivity (Wildman–Crippen MR) is 69.2 cm³/mol. The number of nitrogens with zero attached hydrogens (tertiary/aromatic N) is 1. The monoisotopic (exact) mass is 241 g/mol. The standard InChI is InChI=1S/C15H15NO2/c1-11-8-9-14(16-10-11)12(2)18-15(17)13-6-4-3-5-7-13/h3-10,12H,1-2H3. The molecule has 0 aliphatic heterocycles. The first kappa shape index (κ1) is 12.3. The van der Waals surface area contributed by atoms with E-state index in [9.17, 15) is 4.79 Å². The molecule has 3 heteroatoms. The van der Waals surface area contributed by atoms with Gasteiger partial charge in [-0.25, -0.2) is 4.79 Å². The zero-order valence-electron chi connectivity index (χ0n) is 10.5. The maximum Gasteiger partial charge on any atom is 0.338 e. The molecule has 0 N–H and O–H groups in total. The lowest BCUT2D eigenvalue weighted by Crippen LogP contribution is -2.10. The summed E-state index contributed by atoms with van der Waals surface area (Å²) in [6.45, 7) is 3.79. The third kappa shape index (κ3) is 2.94. The molecule has 1 unspecified atom stereocenters. The van der Waals surface area contributed by atoms with Crippen molar-refractivity contribution in [3.8, 4) is 0 Å². The molecule has 2 aromatic rings. The van der Waals surface area contributed by atoms with E-state index in [-0.39, 0.29) is 12.1 Å². The third-order valence-electron chi connectivity index (χ3n) is 2.64. The van der Waals surface area contributed by atoms with Crippen molar-refractivity contribution in [3.63, 3.8) is 0 Å². The van der Waals surface area contributed by atoms with Crippen molar-refractivity contribution < 1.29 is 9.53 Å². The lowest BCUT2D eigenvalue weighted by atomic mass is 10.2. The van der Waals surface area contributed by atoms with E-state index in [1.807, 2.05) is 44.2 Å². The van der Waals surface area contributed by atoms with E-state index in [0.717, 1.165) is 11.3 Å². The van der Waals surface area contributed by atoms with E-state index in [2.05, 4.69) is 4.98 Å². The van der Waals surface area contributed by atoms with Crippen LogP contribution < -0.4 is 0 Å². The van der Waals surface area contributed by atoms with Gasteiger partial charge in [-0.2, -0.15) is 0 Å². The first-order chi connectivity index (χ1) is 8.66. The Bertz CT molecular complexity index is 520. The van der Waals surface area contributed by atoms with Gasteiger partial charge in [-0.05, 0) is 37.6 Å². The van der Waals surface area contributed by atoms with Crippen LogP contribution >= 0.6 is 0 Å². The van der Waals surface area contributed by atoms with Gasteiger partial charge in [0.2, 0.25) is 0 Å². The number of carbonyl (C=O) groups is 1. The Morgan fingerprint density at radius 2 is 1.89 bits per heavy atom. The molecular weight excluding hydrogens is 226 g/mol. The Hall–Kier alpha value is -2.16. The van der Waals surface area contributed by atoms with Gasteiger partial charge in [-0.1, -0.05) is 24.3 Å². The van der Waals surface area contributed by atoms with E-state index in [4.69, 9.17) is 4.74 Å². The molecule has 0 spiro atoms. The van der Waals surface area contributed by atoms with Crippen molar-refractivity contribution in [2.24, 2.45) is 0 Å². The summed E-state index contributed by atoms with van der Waals surface area (Å²) < 4.78 is 5.36. The van der Waals surface area contributed by atoms with Crippen LogP contribution in [0.1, 0.15) is 34.6 Å². The lowest BCUT2D eigenvalue weighted by Gasteiger charge is -2.12. The largest absolute Gasteiger partial charge is 0.453 e. The predicted octanol–water partition coefficient (Wildman–Crippen LogP) is 3.31. The number of ether oxygens (including phenoxy) is 1. The average molecular weight is 241 g/mol. The van der Waals surface area contributed by atoms with Crippen LogP contribution in [0, 0.1) is 6.92 Å². The molecule has 0 radical (unpaired) electrons. The van der Waals surface area contributed by atoms with Gasteiger partial charge in [0.25, 0.3) is 0 Å². The topological polar surface area (TPSA) is 39.2 Å². The fraction of sp³-hybridized carbons (Fsp3) is 0.200. The number of aromatic nitrogens is 1. The van der Waals surface area contributed by atoms with E-state index in [1.54, 1.807) is 18.3 Å². The Morgan fingerprint density at radius 1 is 1.17 bits per heavy atom. The van der Waals surface area contributed by atoms with Crippen LogP contribution in [-0.4, -0.2) is 11.0 Å². The molecule has 2 rings (SSSR count). The van der Waals surface area contributed by atoms with Crippen LogP contribution in [0.4, 0.5) is 0 Å². The average Bonchev–Trinajstić information content (AvgIpc) is 2.40. The van der Waals surface area contributed by atoms with Gasteiger partial charge in [-0.3, -0.25) is 4.98 Å². The summed E-state index contributed by atoms with van der Waals surface area (Å²) >= 11 is 0. The van der Waals surface area contributed by atoms with Crippen molar-refractivity contribution in [3.05, 3.63) is 65.5 Å². The normalized spacial score (nSPS) is 11.9. The first-order valence-corrected chi connectivity index (χ1v) is 5.85. The van der Waals surface area contributed by atoms with E-state index in [1.165, 1.54) is 0 Å². The SMILES string of the molecule is Cc1ccc(C(C)OC(=O)c2ccccc2)nc1. The highest BCUT2D eigenvalue weighted by Crippen LogP contribution is 2.16. The Kier molecular flexibility index (Phi) is 3.72. The summed E-state index contributed by atoms with van der Waals surface area (Å²) in [6, 6.07) is 12.8. The molecule has 3 nitrogen and oxygen atoms in total. The van der Waals surface area contributed by atoms with Crippen LogP contribution in [0.3, 0.4) is 0 Å². The number of aryl methyl sites for hydroxylation is 1. The molecule has 1 atom stereocenters. The number of hydrogen-bond acceptors (Lipinski definition) is 3. The van der Waals surface area contributed by atoms with Gasteiger partial charge in [0.15, 0.2) is 0 Å². The van der Waals surface area contributed by atoms with E-state index >= 15 is 0 Å². The second-order valence-electron chi connectivity index (χ2n) is 4.17. The second kappa shape index (κ2) is 5.45. The molecule has 0 fully saturated rings. The third-order valence-corrected chi connectivity index (χ3v) is 2.64. The number of carbonyl (C=O) groups excluding carboxylic acids is 1. The number of esters is 1. The fourth-order valence-electron chi connectivity index (χ4n) is 1.58. The lowest BCUT2D eigenvalue weighted by molar-refractivity contribution is 0.0329. The molecule has 1 heterocycles. The number of rotatable bonds is 3. The van der Waals surface area contributed by atoms with Crippen LogP contribution in [0.2, 0.25) is 0 Å². The highest BCUT2D eigenvalue weighted by Gasteiger charge is 2.13. The Labute approximate surface area is 106 Å². The van der Waals surface area contributed by atoms with Crippen LogP contribution in [0.5, 0.6) is 0 Å². The molecule has 0 aliphatic carbocycles. The molecule has 18 heavy (non-hydrogen) atoms. The van der Waals surface area contributed by atoms with Gasteiger partial charge in [0, 0.05) is 6.20 Å². The zero-order valence-corrected chi connectivity index (χ0v) is 10.5. The van der Waals surface area contributed by atoms with Crippen LogP contribution in [0.15, 0.2) is 48.7 Å². The Balaban J connectivity index is 2.06. The van der Waals surface area contributed by atoms with Crippen LogP contribution in [0.25, 0.3) is 0 Å². The van der Waals surface area contributed by atoms with Crippen molar-refractivity contribution in [2.45, 2.75) is 20.0 Å². The van der Waals surface area contributed by atoms with Gasteiger partial charge in [0.05, 0.1) is 11.3 Å². The minimum atomic E-state index is -0.349. The number of pyridine rings is 1. The summed E-state index contributed by atoms with van der Waals surface area (Å²) in [5.41, 5.74) is 2.39. The zero-order chi connectivity index (χ0) is 13.0. The molecular formula is C15H15NO2. The Morgan fingerprint density at radius 3 is 2.50 bits per heavy atom. The quantitative estimate of drug-likeness (QED) is 0.774. The number of hydrogen-bond donors (Lipinski definition) is 0. The molecule has 1 aromatic heterocycles. The minimum Gasteiger partial charge on any atom is -0.453 e. The highest BCUT2D eigenvalue weighted by atomic mass is 16.5. The molecule has 0 amide bonds. The maximum atomic E-state index is 11.8. The molecule has 0 saturated carbocycles. The van der Waals surface area contributed by atoms with E-state index in [0.29, 0.717) is 5.56 Å². The summed E-state index contributed by atoms with van der Waals surface area (Å²) in [6.07, 6.45) is 1.42. The second-order valence-corrected chi connectivity index (χ2v) is 4.17. The number of benzene rings is 1.